The number of ether oxygens (including phenoxy) is 1. The van der Waals surface area contributed by atoms with Crippen LogP contribution in [0.5, 0.6) is 0 Å². The third-order valence-corrected chi connectivity index (χ3v) is 3.25. The van der Waals surface area contributed by atoms with E-state index in [2.05, 4.69) is 30.8 Å². The Kier molecular flexibility index (Phi) is 5.88. The monoisotopic (exact) mass is 257 g/mol. The Balaban J connectivity index is 2.44. The van der Waals surface area contributed by atoms with E-state index in [1.54, 1.807) is 0 Å². The van der Waals surface area contributed by atoms with E-state index in [-0.39, 0.29) is 11.4 Å². The predicted octanol–water partition coefficient (Wildman–Crippen LogP) is 1.79. The third-order valence-electron chi connectivity index (χ3n) is 3.25. The van der Waals surface area contributed by atoms with Gasteiger partial charge >= 0.3 is 0 Å². The summed E-state index contributed by atoms with van der Waals surface area (Å²) in [5.41, 5.74) is 5.50. The molecular weight excluding hydrogens is 230 g/mol. The molecule has 3 N–H and O–H groups in total. The molecule has 0 heterocycles. The van der Waals surface area contributed by atoms with Crippen LogP contribution in [0.25, 0.3) is 0 Å². The summed E-state index contributed by atoms with van der Waals surface area (Å²) in [5.74, 6) is 0.276. The highest BCUT2D eigenvalue weighted by Crippen LogP contribution is 2.23. The largest absolute Gasteiger partial charge is 0.409 e. The van der Waals surface area contributed by atoms with E-state index in [9.17, 15) is 0 Å². The van der Waals surface area contributed by atoms with Gasteiger partial charge in [0.2, 0.25) is 0 Å². The van der Waals surface area contributed by atoms with E-state index in [0.29, 0.717) is 19.2 Å². The normalized spacial score (nSPS) is 18.8. The van der Waals surface area contributed by atoms with Gasteiger partial charge in [-0.15, -0.1) is 0 Å². The fourth-order valence-corrected chi connectivity index (χ4v) is 2.37. The van der Waals surface area contributed by atoms with Crippen molar-refractivity contribution in [2.75, 3.05) is 19.7 Å². The molecule has 106 valence electrons. The maximum absolute atomic E-state index is 8.69. The average molecular weight is 257 g/mol. The predicted molar refractivity (Wildman–Crippen MR) is 72.9 cm³/mol. The Morgan fingerprint density at radius 3 is 2.50 bits per heavy atom. The van der Waals surface area contributed by atoms with E-state index in [1.807, 2.05) is 0 Å². The smallest absolute Gasteiger partial charge is 0.153 e. The Bertz CT molecular complexity index is 268. The molecule has 0 radical (unpaired) electrons. The molecule has 0 spiro atoms. The van der Waals surface area contributed by atoms with Crippen LogP contribution in [0.2, 0.25) is 0 Å². The minimum atomic E-state index is -0.113. The van der Waals surface area contributed by atoms with Crippen LogP contribution in [0, 0.1) is 0 Å². The third kappa shape index (κ3) is 5.69. The van der Waals surface area contributed by atoms with Gasteiger partial charge in [-0.05, 0) is 33.6 Å². The first kappa shape index (κ1) is 15.2. The Morgan fingerprint density at radius 2 is 2.00 bits per heavy atom. The molecule has 0 atom stereocenters. The van der Waals surface area contributed by atoms with Crippen LogP contribution in [-0.2, 0) is 4.74 Å². The number of oxime groups is 1. The zero-order chi connectivity index (χ0) is 13.6. The quantitative estimate of drug-likeness (QED) is 0.329. The van der Waals surface area contributed by atoms with Gasteiger partial charge < -0.3 is 15.7 Å². The highest BCUT2D eigenvalue weighted by Gasteiger charge is 2.23. The van der Waals surface area contributed by atoms with Crippen molar-refractivity contribution in [1.29, 1.82) is 0 Å². The van der Waals surface area contributed by atoms with Crippen LogP contribution in [0.3, 0.4) is 0 Å². The molecule has 0 unspecified atom stereocenters. The summed E-state index contributed by atoms with van der Waals surface area (Å²) in [4.78, 5) is 2.27. The first-order valence-corrected chi connectivity index (χ1v) is 6.77. The van der Waals surface area contributed by atoms with Crippen molar-refractivity contribution in [3.8, 4) is 0 Å². The summed E-state index contributed by atoms with van der Waals surface area (Å²) in [6.45, 7) is 8.19. The lowest BCUT2D eigenvalue weighted by molar-refractivity contribution is -0.0156. The standard InChI is InChI=1S/C13H27N3O2/c1-13(2,3)18-9-8-16(10-12(14)15-17)11-6-4-5-7-11/h11,17H,4-10H2,1-3H3,(H2,14,15). The van der Waals surface area contributed by atoms with E-state index in [0.717, 1.165) is 6.54 Å². The second kappa shape index (κ2) is 6.95. The molecule has 0 aromatic heterocycles. The Hall–Kier alpha value is -0.810. The number of rotatable bonds is 6. The van der Waals surface area contributed by atoms with Crippen LogP contribution < -0.4 is 5.73 Å². The lowest BCUT2D eigenvalue weighted by Crippen LogP contribution is -2.42. The molecule has 0 bridgehead atoms. The molecule has 1 fully saturated rings. The van der Waals surface area contributed by atoms with Gasteiger partial charge in [0.15, 0.2) is 5.84 Å². The Morgan fingerprint density at radius 1 is 1.39 bits per heavy atom. The van der Waals surface area contributed by atoms with Crippen molar-refractivity contribution >= 4 is 5.84 Å². The topological polar surface area (TPSA) is 71.1 Å². The zero-order valence-corrected chi connectivity index (χ0v) is 11.9. The summed E-state index contributed by atoms with van der Waals surface area (Å²) in [6.07, 6.45) is 4.96. The molecule has 1 saturated carbocycles. The fraction of sp³-hybridized carbons (Fsp3) is 0.923. The highest BCUT2D eigenvalue weighted by molar-refractivity contribution is 5.81. The van der Waals surface area contributed by atoms with E-state index >= 15 is 0 Å². The Labute approximate surface area is 110 Å². The van der Waals surface area contributed by atoms with Crippen molar-refractivity contribution in [2.24, 2.45) is 10.9 Å². The minimum absolute atomic E-state index is 0.113. The van der Waals surface area contributed by atoms with Gasteiger partial charge in [0.1, 0.15) is 0 Å². The molecule has 0 amide bonds. The van der Waals surface area contributed by atoms with E-state index < -0.39 is 0 Å². The zero-order valence-electron chi connectivity index (χ0n) is 11.9. The van der Waals surface area contributed by atoms with Crippen molar-refractivity contribution < 1.29 is 9.94 Å². The van der Waals surface area contributed by atoms with Crippen molar-refractivity contribution in [2.45, 2.75) is 58.1 Å². The number of amidine groups is 1. The van der Waals surface area contributed by atoms with Crippen molar-refractivity contribution in [1.82, 2.24) is 4.90 Å². The highest BCUT2D eigenvalue weighted by atomic mass is 16.5. The van der Waals surface area contributed by atoms with Crippen LogP contribution in [0.1, 0.15) is 46.5 Å². The molecule has 0 aromatic rings. The molecule has 0 aliphatic heterocycles. The van der Waals surface area contributed by atoms with Crippen LogP contribution in [0.15, 0.2) is 5.16 Å². The van der Waals surface area contributed by atoms with Gasteiger partial charge in [-0.1, -0.05) is 18.0 Å². The van der Waals surface area contributed by atoms with E-state index in [4.69, 9.17) is 15.7 Å². The molecule has 1 aliphatic rings. The molecule has 5 nitrogen and oxygen atoms in total. The summed E-state index contributed by atoms with van der Waals surface area (Å²) >= 11 is 0. The summed E-state index contributed by atoms with van der Waals surface area (Å²) in [5, 5.41) is 11.8. The van der Waals surface area contributed by atoms with Crippen molar-refractivity contribution in [3.63, 3.8) is 0 Å². The number of nitrogens with two attached hydrogens (primary N) is 1. The molecule has 0 saturated heterocycles. The molecule has 0 aromatic carbocycles. The van der Waals surface area contributed by atoms with Gasteiger partial charge in [0, 0.05) is 12.6 Å². The van der Waals surface area contributed by atoms with Gasteiger partial charge in [-0.2, -0.15) is 0 Å². The summed E-state index contributed by atoms with van der Waals surface area (Å²) in [6, 6.07) is 0.550. The molecule has 5 heteroatoms. The van der Waals surface area contributed by atoms with Gasteiger partial charge in [-0.3, -0.25) is 4.90 Å². The minimum Gasteiger partial charge on any atom is -0.409 e. The molecular formula is C13H27N3O2. The number of hydrogen-bond donors (Lipinski definition) is 2. The number of hydrogen-bond acceptors (Lipinski definition) is 4. The van der Waals surface area contributed by atoms with Crippen molar-refractivity contribution in [3.05, 3.63) is 0 Å². The molecule has 1 aliphatic carbocycles. The second-order valence-corrected chi connectivity index (χ2v) is 5.96. The SMILES string of the molecule is CC(C)(C)OCCN(CC(N)=NO)C1CCCC1. The fourth-order valence-electron chi connectivity index (χ4n) is 2.37. The summed E-state index contributed by atoms with van der Waals surface area (Å²) in [7, 11) is 0. The molecule has 1 rings (SSSR count). The van der Waals surface area contributed by atoms with Crippen LogP contribution >= 0.6 is 0 Å². The number of nitrogens with zero attached hydrogens (tertiary/aromatic N) is 2. The lowest BCUT2D eigenvalue weighted by Gasteiger charge is -2.29. The van der Waals surface area contributed by atoms with Gasteiger partial charge in [0.25, 0.3) is 0 Å². The first-order chi connectivity index (χ1) is 8.42. The van der Waals surface area contributed by atoms with Crippen LogP contribution in [-0.4, -0.2) is 47.3 Å². The maximum atomic E-state index is 8.69. The maximum Gasteiger partial charge on any atom is 0.153 e. The summed E-state index contributed by atoms with van der Waals surface area (Å²) < 4.78 is 5.75. The average Bonchev–Trinajstić information content (AvgIpc) is 2.79. The van der Waals surface area contributed by atoms with Gasteiger partial charge in [-0.25, -0.2) is 0 Å². The molecule has 18 heavy (non-hydrogen) atoms. The lowest BCUT2D eigenvalue weighted by atomic mass is 10.2. The van der Waals surface area contributed by atoms with Crippen LogP contribution in [0.4, 0.5) is 0 Å². The van der Waals surface area contributed by atoms with Gasteiger partial charge in [0.05, 0.1) is 18.8 Å². The van der Waals surface area contributed by atoms with E-state index in [1.165, 1.54) is 25.7 Å². The second-order valence-electron chi connectivity index (χ2n) is 5.96. The first-order valence-electron chi connectivity index (χ1n) is 6.77.